The van der Waals surface area contributed by atoms with Crippen molar-refractivity contribution in [2.75, 3.05) is 0 Å². The van der Waals surface area contributed by atoms with Crippen molar-refractivity contribution in [1.82, 2.24) is 15.0 Å². The van der Waals surface area contributed by atoms with Gasteiger partial charge in [-0.05, 0) is 18.1 Å². The lowest BCUT2D eigenvalue weighted by Gasteiger charge is -2.12. The molecule has 5 heteroatoms. The number of furan rings is 1. The Morgan fingerprint density at radius 3 is 2.88 bits per heavy atom. The molecule has 2 aromatic rings. The number of nitrogens with zero attached hydrogens (tertiary/aromatic N) is 3. The molecule has 0 spiro atoms. The predicted molar refractivity (Wildman–Crippen MR) is 57.7 cm³/mol. The van der Waals surface area contributed by atoms with Crippen LogP contribution in [0.2, 0.25) is 0 Å². The first-order valence-corrected chi connectivity index (χ1v) is 5.13. The van der Waals surface area contributed by atoms with Gasteiger partial charge in [0.15, 0.2) is 5.76 Å². The van der Waals surface area contributed by atoms with Crippen LogP contribution in [0.25, 0.3) is 11.5 Å². The Balaban J connectivity index is 2.28. The molecule has 0 saturated carbocycles. The number of aromatic nitrogens is 3. The van der Waals surface area contributed by atoms with E-state index < -0.39 is 0 Å². The molecule has 0 unspecified atom stereocenters. The van der Waals surface area contributed by atoms with Gasteiger partial charge in [-0.3, -0.25) is 0 Å². The van der Waals surface area contributed by atoms with Gasteiger partial charge in [0.05, 0.1) is 12.5 Å². The summed E-state index contributed by atoms with van der Waals surface area (Å²) >= 11 is 0. The highest BCUT2D eigenvalue weighted by atomic mass is 16.3. The third-order valence-corrected chi connectivity index (χ3v) is 2.41. The average molecular weight is 219 g/mol. The molecule has 0 aromatic carbocycles. The first-order valence-electron chi connectivity index (χ1n) is 5.13. The normalized spacial score (nSPS) is 12.9. The van der Waals surface area contributed by atoms with Crippen LogP contribution in [-0.2, 0) is 4.79 Å². The Hall–Kier alpha value is -1.91. The molecule has 0 saturated heterocycles. The maximum absolute atomic E-state index is 10.9. The smallest absolute Gasteiger partial charge is 0.155 e. The summed E-state index contributed by atoms with van der Waals surface area (Å²) in [6, 6.07) is 3.31. The van der Waals surface area contributed by atoms with E-state index in [0.29, 0.717) is 11.5 Å². The molecule has 0 aliphatic rings. The summed E-state index contributed by atoms with van der Waals surface area (Å²) in [4.78, 5) is 10.9. The lowest BCUT2D eigenvalue weighted by Crippen LogP contribution is -2.17. The molecule has 2 aromatic heterocycles. The lowest BCUT2D eigenvalue weighted by atomic mass is 10.1. The molecule has 0 N–H and O–H groups in total. The highest BCUT2D eigenvalue weighted by Crippen LogP contribution is 2.19. The lowest BCUT2D eigenvalue weighted by molar-refractivity contribution is -0.111. The van der Waals surface area contributed by atoms with Crippen molar-refractivity contribution in [3.8, 4) is 11.5 Å². The van der Waals surface area contributed by atoms with E-state index in [9.17, 15) is 4.79 Å². The molecule has 0 fully saturated rings. The van der Waals surface area contributed by atoms with Crippen LogP contribution in [-0.4, -0.2) is 21.3 Å². The minimum atomic E-state index is -0.281. The van der Waals surface area contributed by atoms with Crippen LogP contribution in [0.3, 0.4) is 0 Å². The molecule has 0 aliphatic carbocycles. The molecule has 2 heterocycles. The average Bonchev–Trinajstić information content (AvgIpc) is 2.86. The van der Waals surface area contributed by atoms with E-state index in [4.69, 9.17) is 4.42 Å². The number of aldehydes is 1. The Bertz CT molecular complexity index is 459. The maximum atomic E-state index is 10.9. The van der Waals surface area contributed by atoms with Gasteiger partial charge in [0.2, 0.25) is 0 Å². The minimum Gasteiger partial charge on any atom is -0.463 e. The quantitative estimate of drug-likeness (QED) is 0.737. The molecular formula is C11H13N3O2. The Morgan fingerprint density at radius 2 is 2.31 bits per heavy atom. The number of carbonyl (C=O) groups is 1. The van der Waals surface area contributed by atoms with Gasteiger partial charge in [0.25, 0.3) is 0 Å². The monoisotopic (exact) mass is 219 g/mol. The predicted octanol–water partition coefficient (Wildman–Crippen LogP) is 1.93. The molecule has 0 radical (unpaired) electrons. The molecule has 2 rings (SSSR count). The van der Waals surface area contributed by atoms with E-state index in [1.165, 1.54) is 0 Å². The van der Waals surface area contributed by atoms with E-state index in [1.54, 1.807) is 29.3 Å². The van der Waals surface area contributed by atoms with Crippen LogP contribution in [0, 0.1) is 5.92 Å². The number of carbonyl (C=O) groups excluding carboxylic acids is 1. The largest absolute Gasteiger partial charge is 0.463 e. The van der Waals surface area contributed by atoms with Crippen molar-refractivity contribution in [2.45, 2.75) is 19.9 Å². The van der Waals surface area contributed by atoms with Gasteiger partial charge in [-0.25, -0.2) is 4.68 Å². The summed E-state index contributed by atoms with van der Waals surface area (Å²) in [6.07, 6.45) is 4.18. The van der Waals surface area contributed by atoms with Crippen molar-refractivity contribution >= 4 is 6.29 Å². The van der Waals surface area contributed by atoms with E-state index in [0.717, 1.165) is 6.29 Å². The second-order valence-corrected chi connectivity index (χ2v) is 3.93. The third-order valence-electron chi connectivity index (χ3n) is 2.41. The van der Waals surface area contributed by atoms with Gasteiger partial charge < -0.3 is 9.21 Å². The fourth-order valence-corrected chi connectivity index (χ4v) is 1.48. The van der Waals surface area contributed by atoms with Crippen LogP contribution < -0.4 is 0 Å². The summed E-state index contributed by atoms with van der Waals surface area (Å²) in [7, 11) is 0. The minimum absolute atomic E-state index is 0.184. The summed E-state index contributed by atoms with van der Waals surface area (Å²) in [6.45, 7) is 3.93. The van der Waals surface area contributed by atoms with Crippen LogP contribution in [0.4, 0.5) is 0 Å². The topological polar surface area (TPSA) is 60.9 Å². The number of hydrogen-bond donors (Lipinski definition) is 0. The highest BCUT2D eigenvalue weighted by molar-refractivity contribution is 5.57. The second kappa shape index (κ2) is 4.30. The second-order valence-electron chi connectivity index (χ2n) is 3.93. The van der Waals surface area contributed by atoms with Crippen LogP contribution in [0.15, 0.2) is 29.0 Å². The highest BCUT2D eigenvalue weighted by Gasteiger charge is 2.17. The molecule has 0 aliphatic heterocycles. The van der Waals surface area contributed by atoms with E-state index in [1.807, 2.05) is 13.8 Å². The zero-order valence-electron chi connectivity index (χ0n) is 9.20. The molecule has 5 nitrogen and oxygen atoms in total. The van der Waals surface area contributed by atoms with Crippen molar-refractivity contribution in [3.63, 3.8) is 0 Å². The fourth-order valence-electron chi connectivity index (χ4n) is 1.48. The third kappa shape index (κ3) is 1.88. The van der Waals surface area contributed by atoms with E-state index in [-0.39, 0.29) is 12.0 Å². The summed E-state index contributed by atoms with van der Waals surface area (Å²) < 4.78 is 6.77. The SMILES string of the molecule is CC(C)[C@@H](C=O)n1cc(-c2ccco2)nn1. The fraction of sp³-hybridized carbons (Fsp3) is 0.364. The van der Waals surface area contributed by atoms with Crippen molar-refractivity contribution in [3.05, 3.63) is 24.6 Å². The summed E-state index contributed by atoms with van der Waals surface area (Å²) in [5, 5.41) is 7.91. The van der Waals surface area contributed by atoms with E-state index >= 15 is 0 Å². The van der Waals surface area contributed by atoms with Gasteiger partial charge >= 0.3 is 0 Å². The van der Waals surface area contributed by atoms with Crippen molar-refractivity contribution in [1.29, 1.82) is 0 Å². The Kier molecular flexibility index (Phi) is 2.85. The first-order chi connectivity index (χ1) is 7.72. The number of hydrogen-bond acceptors (Lipinski definition) is 4. The first kappa shape index (κ1) is 10.6. The van der Waals surface area contributed by atoms with E-state index in [2.05, 4.69) is 10.3 Å². The maximum Gasteiger partial charge on any atom is 0.155 e. The Morgan fingerprint density at radius 1 is 1.50 bits per heavy atom. The van der Waals surface area contributed by atoms with Crippen LogP contribution in [0.1, 0.15) is 19.9 Å². The summed E-state index contributed by atoms with van der Waals surface area (Å²) in [5.74, 6) is 0.836. The van der Waals surface area contributed by atoms with Gasteiger partial charge in [-0.1, -0.05) is 19.1 Å². The van der Waals surface area contributed by atoms with Crippen molar-refractivity contribution in [2.24, 2.45) is 5.92 Å². The summed E-state index contributed by atoms with van der Waals surface area (Å²) in [5.41, 5.74) is 0.637. The molecule has 0 bridgehead atoms. The Labute approximate surface area is 93.1 Å². The zero-order chi connectivity index (χ0) is 11.5. The van der Waals surface area contributed by atoms with Gasteiger partial charge in [-0.2, -0.15) is 0 Å². The van der Waals surface area contributed by atoms with Crippen molar-refractivity contribution < 1.29 is 9.21 Å². The van der Waals surface area contributed by atoms with Crippen LogP contribution >= 0.6 is 0 Å². The van der Waals surface area contributed by atoms with Gasteiger partial charge in [-0.15, -0.1) is 5.10 Å². The molecule has 0 amide bonds. The molecular weight excluding hydrogens is 206 g/mol. The number of rotatable bonds is 4. The molecule has 16 heavy (non-hydrogen) atoms. The molecule has 1 atom stereocenters. The zero-order valence-corrected chi connectivity index (χ0v) is 9.20. The standard InChI is InChI=1S/C11H13N3O2/c1-8(2)10(7-15)14-6-9(12-13-14)11-4-3-5-16-11/h3-8,10H,1-2H3/t10-/m1/s1. The van der Waals surface area contributed by atoms with Crippen LogP contribution in [0.5, 0.6) is 0 Å². The van der Waals surface area contributed by atoms with Gasteiger partial charge in [0, 0.05) is 0 Å². The molecule has 84 valence electrons. The van der Waals surface area contributed by atoms with Gasteiger partial charge in [0.1, 0.15) is 18.0 Å².